The molecule has 0 unspecified atom stereocenters. The molecule has 2 aromatic rings. The second-order valence-electron chi connectivity index (χ2n) is 5.72. The van der Waals surface area contributed by atoms with Gasteiger partial charge in [-0.15, -0.1) is 13.2 Å². The third kappa shape index (κ3) is 5.32. The molecule has 0 aliphatic heterocycles. The van der Waals surface area contributed by atoms with Gasteiger partial charge in [0.05, 0.1) is 0 Å². The van der Waals surface area contributed by atoms with Gasteiger partial charge >= 0.3 is 6.36 Å². The van der Waals surface area contributed by atoms with E-state index in [4.69, 9.17) is 12.2 Å². The van der Waals surface area contributed by atoms with Gasteiger partial charge in [0.1, 0.15) is 5.75 Å². The Morgan fingerprint density at radius 2 is 1.80 bits per heavy atom. The molecule has 1 aromatic carbocycles. The van der Waals surface area contributed by atoms with Crippen molar-refractivity contribution in [3.63, 3.8) is 0 Å². The second-order valence-corrected chi connectivity index (χ2v) is 6.10. The molecule has 1 aliphatic rings. The number of hydrogen-bond donors (Lipinski definition) is 1. The molecular formula is C17H16F3N3OS. The van der Waals surface area contributed by atoms with Crippen LogP contribution in [-0.2, 0) is 6.54 Å². The van der Waals surface area contributed by atoms with Gasteiger partial charge in [-0.1, -0.05) is 0 Å². The Kier molecular flexibility index (Phi) is 5.08. The highest BCUT2D eigenvalue weighted by Gasteiger charge is 2.32. The SMILES string of the molecule is FC(F)(F)Oc1ccc(NC(=S)N(Cc2ccncc2)C2CC2)cc1. The number of ether oxygens (including phenoxy) is 1. The van der Waals surface area contributed by atoms with Gasteiger partial charge < -0.3 is 15.0 Å². The Hall–Kier alpha value is -2.35. The first-order chi connectivity index (χ1) is 11.9. The quantitative estimate of drug-likeness (QED) is 0.796. The molecule has 1 N–H and O–H groups in total. The molecule has 1 saturated carbocycles. The van der Waals surface area contributed by atoms with Crippen LogP contribution in [0.15, 0.2) is 48.8 Å². The van der Waals surface area contributed by atoms with Gasteiger partial charge in [-0.3, -0.25) is 4.98 Å². The minimum Gasteiger partial charge on any atom is -0.406 e. The third-order valence-electron chi connectivity index (χ3n) is 3.69. The fraction of sp³-hybridized carbons (Fsp3) is 0.294. The highest BCUT2D eigenvalue weighted by atomic mass is 32.1. The molecule has 1 aliphatic carbocycles. The van der Waals surface area contributed by atoms with Crippen LogP contribution < -0.4 is 10.1 Å². The standard InChI is InChI=1S/C17H16F3N3OS/c18-17(19,20)24-15-5-1-13(2-6-15)22-16(25)23(14-3-4-14)11-12-7-9-21-10-8-12/h1-2,5-10,14H,3-4,11H2,(H,22,25). The minimum atomic E-state index is -4.70. The topological polar surface area (TPSA) is 37.4 Å². The van der Waals surface area contributed by atoms with Crippen LogP contribution in [0.4, 0.5) is 18.9 Å². The molecule has 0 spiro atoms. The van der Waals surface area contributed by atoms with Gasteiger partial charge in [0.2, 0.25) is 0 Å². The molecule has 1 aromatic heterocycles. The number of hydrogen-bond acceptors (Lipinski definition) is 3. The maximum Gasteiger partial charge on any atom is 0.573 e. The average molecular weight is 367 g/mol. The number of alkyl halides is 3. The molecule has 1 fully saturated rings. The molecule has 0 amide bonds. The summed E-state index contributed by atoms with van der Waals surface area (Å²) in [7, 11) is 0. The molecule has 0 saturated heterocycles. The Balaban J connectivity index is 1.63. The number of pyridine rings is 1. The molecule has 4 nitrogen and oxygen atoms in total. The number of halogens is 3. The monoisotopic (exact) mass is 367 g/mol. The normalized spacial score (nSPS) is 14.0. The summed E-state index contributed by atoms with van der Waals surface area (Å²) in [5.41, 5.74) is 1.71. The maximum absolute atomic E-state index is 12.2. The summed E-state index contributed by atoms with van der Waals surface area (Å²) in [5.74, 6) is -0.264. The van der Waals surface area contributed by atoms with Crippen LogP contribution in [0.1, 0.15) is 18.4 Å². The number of aromatic nitrogens is 1. The molecule has 25 heavy (non-hydrogen) atoms. The molecule has 132 valence electrons. The lowest BCUT2D eigenvalue weighted by molar-refractivity contribution is -0.274. The molecule has 0 atom stereocenters. The highest BCUT2D eigenvalue weighted by molar-refractivity contribution is 7.80. The van der Waals surface area contributed by atoms with Gasteiger partial charge in [-0.05, 0) is 67.0 Å². The molecule has 0 radical (unpaired) electrons. The molecule has 3 rings (SSSR count). The summed E-state index contributed by atoms with van der Waals surface area (Å²) < 4.78 is 40.4. The van der Waals surface area contributed by atoms with Crippen molar-refractivity contribution < 1.29 is 17.9 Å². The van der Waals surface area contributed by atoms with Gasteiger partial charge in [0, 0.05) is 30.7 Å². The van der Waals surface area contributed by atoms with Gasteiger partial charge in [0.15, 0.2) is 5.11 Å². The van der Waals surface area contributed by atoms with E-state index in [-0.39, 0.29) is 5.75 Å². The summed E-state index contributed by atoms with van der Waals surface area (Å²) in [6, 6.07) is 9.77. The average Bonchev–Trinajstić information content (AvgIpc) is 3.39. The molecule has 0 bridgehead atoms. The second kappa shape index (κ2) is 7.26. The van der Waals surface area contributed by atoms with Gasteiger partial charge in [0.25, 0.3) is 0 Å². The van der Waals surface area contributed by atoms with Crippen LogP contribution in [0.5, 0.6) is 5.75 Å². The summed E-state index contributed by atoms with van der Waals surface area (Å²) in [6.45, 7) is 0.661. The van der Waals surface area contributed by atoms with E-state index in [9.17, 15) is 13.2 Å². The van der Waals surface area contributed by atoms with E-state index in [1.165, 1.54) is 24.3 Å². The van der Waals surface area contributed by atoms with E-state index in [0.717, 1.165) is 18.4 Å². The zero-order valence-electron chi connectivity index (χ0n) is 13.2. The predicted octanol–water partition coefficient (Wildman–Crippen LogP) is 4.34. The fourth-order valence-corrected chi connectivity index (χ4v) is 2.70. The Morgan fingerprint density at radius 1 is 1.16 bits per heavy atom. The van der Waals surface area contributed by atoms with E-state index >= 15 is 0 Å². The lowest BCUT2D eigenvalue weighted by atomic mass is 10.2. The zero-order valence-corrected chi connectivity index (χ0v) is 14.0. The number of anilines is 1. The van der Waals surface area contributed by atoms with Crippen LogP contribution in [0.25, 0.3) is 0 Å². The number of nitrogens with one attached hydrogen (secondary N) is 1. The van der Waals surface area contributed by atoms with Crippen molar-refractivity contribution >= 4 is 23.0 Å². The number of benzene rings is 1. The van der Waals surface area contributed by atoms with Crippen LogP contribution >= 0.6 is 12.2 Å². The van der Waals surface area contributed by atoms with Crippen molar-refractivity contribution in [2.45, 2.75) is 31.8 Å². The van der Waals surface area contributed by atoms with E-state index in [1.54, 1.807) is 12.4 Å². The van der Waals surface area contributed by atoms with Crippen LogP contribution in [0, 0.1) is 0 Å². The number of rotatable bonds is 5. The molecular weight excluding hydrogens is 351 g/mol. The highest BCUT2D eigenvalue weighted by Crippen LogP contribution is 2.29. The first-order valence-electron chi connectivity index (χ1n) is 7.73. The van der Waals surface area contributed by atoms with Gasteiger partial charge in [-0.2, -0.15) is 0 Å². The third-order valence-corrected chi connectivity index (χ3v) is 4.03. The van der Waals surface area contributed by atoms with E-state index in [1.807, 2.05) is 12.1 Å². The van der Waals surface area contributed by atoms with Gasteiger partial charge in [-0.25, -0.2) is 0 Å². The van der Waals surface area contributed by atoms with Crippen LogP contribution in [-0.4, -0.2) is 27.4 Å². The lowest BCUT2D eigenvalue weighted by Crippen LogP contribution is -2.36. The van der Waals surface area contributed by atoms with Crippen molar-refractivity contribution in [1.82, 2.24) is 9.88 Å². The Morgan fingerprint density at radius 3 is 2.36 bits per heavy atom. The largest absolute Gasteiger partial charge is 0.573 e. The van der Waals surface area contributed by atoms with Crippen molar-refractivity contribution in [2.75, 3.05) is 5.32 Å². The summed E-state index contributed by atoms with van der Waals surface area (Å²) in [5, 5.41) is 3.62. The van der Waals surface area contributed by atoms with Crippen molar-refractivity contribution in [3.05, 3.63) is 54.4 Å². The summed E-state index contributed by atoms with van der Waals surface area (Å²) in [6.07, 6.45) is 0.917. The van der Waals surface area contributed by atoms with Crippen molar-refractivity contribution in [1.29, 1.82) is 0 Å². The minimum absolute atomic E-state index is 0.264. The van der Waals surface area contributed by atoms with E-state index < -0.39 is 6.36 Å². The van der Waals surface area contributed by atoms with Crippen molar-refractivity contribution in [3.8, 4) is 5.75 Å². The Bertz CT molecular complexity index is 718. The first kappa shape index (κ1) is 17.5. The molecule has 1 heterocycles. The molecule has 8 heteroatoms. The maximum atomic E-state index is 12.2. The fourth-order valence-electron chi connectivity index (χ4n) is 2.37. The zero-order chi connectivity index (χ0) is 17.9. The lowest BCUT2D eigenvalue weighted by Gasteiger charge is -2.26. The summed E-state index contributed by atoms with van der Waals surface area (Å²) in [4.78, 5) is 6.09. The van der Waals surface area contributed by atoms with Crippen LogP contribution in [0.3, 0.4) is 0 Å². The number of thiocarbonyl (C=S) groups is 1. The summed E-state index contributed by atoms with van der Waals surface area (Å²) >= 11 is 5.48. The smallest absolute Gasteiger partial charge is 0.406 e. The Labute approximate surface area is 148 Å². The predicted molar refractivity (Wildman–Crippen MR) is 92.1 cm³/mol. The van der Waals surface area contributed by atoms with E-state index in [0.29, 0.717) is 23.4 Å². The number of nitrogens with zero attached hydrogens (tertiary/aromatic N) is 2. The van der Waals surface area contributed by atoms with Crippen LogP contribution in [0.2, 0.25) is 0 Å². The first-order valence-corrected chi connectivity index (χ1v) is 8.14. The van der Waals surface area contributed by atoms with Crippen molar-refractivity contribution in [2.24, 2.45) is 0 Å². The van der Waals surface area contributed by atoms with E-state index in [2.05, 4.69) is 19.9 Å².